The van der Waals surface area contributed by atoms with E-state index in [4.69, 9.17) is 9.72 Å². The van der Waals surface area contributed by atoms with Gasteiger partial charge in [-0.1, -0.05) is 12.1 Å². The Balaban J connectivity index is 1.40. The molecule has 2 saturated heterocycles. The van der Waals surface area contributed by atoms with Gasteiger partial charge in [-0.2, -0.15) is 0 Å². The van der Waals surface area contributed by atoms with Gasteiger partial charge in [-0.15, -0.1) is 0 Å². The minimum atomic E-state index is 0.170. The maximum Gasteiger partial charge on any atom is 0.225 e. The number of benzene rings is 1. The van der Waals surface area contributed by atoms with Crippen LogP contribution in [0.3, 0.4) is 0 Å². The summed E-state index contributed by atoms with van der Waals surface area (Å²) in [5.74, 6) is 2.06. The molecule has 1 aromatic heterocycles. The van der Waals surface area contributed by atoms with Crippen LogP contribution < -0.4 is 0 Å². The molecule has 0 spiro atoms. The lowest BCUT2D eigenvalue weighted by atomic mass is 9.92. The number of carbonyl (C=O) groups is 1. The van der Waals surface area contributed by atoms with Crippen molar-refractivity contribution in [3.8, 4) is 0 Å². The van der Waals surface area contributed by atoms with Gasteiger partial charge in [0, 0.05) is 38.6 Å². The predicted octanol–water partition coefficient (Wildman–Crippen LogP) is 2.77. The van der Waals surface area contributed by atoms with Crippen molar-refractivity contribution in [1.82, 2.24) is 14.9 Å². The minimum absolute atomic E-state index is 0.170. The number of ether oxygens (including phenoxy) is 1. The Morgan fingerprint density at radius 2 is 2.08 bits per heavy atom. The molecule has 0 aliphatic carbocycles. The molecule has 1 amide bonds. The van der Waals surface area contributed by atoms with Crippen LogP contribution in [0.15, 0.2) is 24.3 Å². The van der Waals surface area contributed by atoms with Gasteiger partial charge >= 0.3 is 0 Å². The summed E-state index contributed by atoms with van der Waals surface area (Å²) in [5, 5.41) is 0. The molecule has 1 N–H and O–H groups in total. The van der Waals surface area contributed by atoms with Crippen molar-refractivity contribution in [2.75, 3.05) is 26.3 Å². The van der Waals surface area contributed by atoms with Gasteiger partial charge in [-0.25, -0.2) is 4.98 Å². The first-order valence-electron chi connectivity index (χ1n) is 9.10. The van der Waals surface area contributed by atoms with Crippen LogP contribution in [0, 0.1) is 11.8 Å². The summed E-state index contributed by atoms with van der Waals surface area (Å²) >= 11 is 0. The lowest BCUT2D eigenvalue weighted by molar-refractivity contribution is -0.140. The van der Waals surface area contributed by atoms with E-state index in [1.165, 1.54) is 6.42 Å². The molecular weight excluding hydrogens is 302 g/mol. The number of amides is 1. The van der Waals surface area contributed by atoms with Gasteiger partial charge in [0.15, 0.2) is 0 Å². The molecule has 1 aromatic carbocycles. The minimum Gasteiger partial charge on any atom is -0.381 e. The van der Waals surface area contributed by atoms with E-state index >= 15 is 0 Å². The molecule has 24 heavy (non-hydrogen) atoms. The molecule has 2 aliphatic heterocycles. The molecule has 2 aromatic rings. The van der Waals surface area contributed by atoms with Crippen LogP contribution >= 0.6 is 0 Å². The van der Waals surface area contributed by atoms with E-state index in [-0.39, 0.29) is 5.92 Å². The van der Waals surface area contributed by atoms with E-state index in [1.54, 1.807) is 0 Å². The van der Waals surface area contributed by atoms with Crippen LogP contribution in [0.1, 0.15) is 31.5 Å². The SMILES string of the molecule is O=C(C1CCOCC1)N1CCC[C@H](Cc2nc3ccccc3[nH]2)C1. The topological polar surface area (TPSA) is 58.2 Å². The summed E-state index contributed by atoms with van der Waals surface area (Å²) in [6.07, 6.45) is 4.95. The van der Waals surface area contributed by atoms with Crippen molar-refractivity contribution in [3.63, 3.8) is 0 Å². The number of fused-ring (bicyclic) bond motifs is 1. The smallest absolute Gasteiger partial charge is 0.225 e. The average molecular weight is 327 g/mol. The van der Waals surface area contributed by atoms with E-state index in [2.05, 4.69) is 16.0 Å². The van der Waals surface area contributed by atoms with Crippen molar-refractivity contribution < 1.29 is 9.53 Å². The fourth-order valence-corrected chi connectivity index (χ4v) is 4.01. The Morgan fingerprint density at radius 3 is 2.92 bits per heavy atom. The quantitative estimate of drug-likeness (QED) is 0.943. The Morgan fingerprint density at radius 1 is 1.25 bits per heavy atom. The highest BCUT2D eigenvalue weighted by atomic mass is 16.5. The number of hydrogen-bond acceptors (Lipinski definition) is 3. The van der Waals surface area contributed by atoms with E-state index in [9.17, 15) is 4.79 Å². The van der Waals surface area contributed by atoms with Crippen molar-refractivity contribution in [2.45, 2.75) is 32.1 Å². The highest BCUT2D eigenvalue weighted by Gasteiger charge is 2.30. The molecule has 0 bridgehead atoms. The van der Waals surface area contributed by atoms with Gasteiger partial charge in [0.2, 0.25) is 5.91 Å². The molecule has 0 radical (unpaired) electrons. The summed E-state index contributed by atoms with van der Waals surface area (Å²) in [6.45, 7) is 3.24. The van der Waals surface area contributed by atoms with Crippen molar-refractivity contribution >= 4 is 16.9 Å². The van der Waals surface area contributed by atoms with Crippen molar-refractivity contribution in [1.29, 1.82) is 0 Å². The normalized spacial score (nSPS) is 22.8. The van der Waals surface area contributed by atoms with Crippen LogP contribution in [0.2, 0.25) is 0 Å². The second kappa shape index (κ2) is 6.93. The van der Waals surface area contributed by atoms with E-state index in [0.29, 0.717) is 11.8 Å². The maximum atomic E-state index is 12.7. The fourth-order valence-electron chi connectivity index (χ4n) is 4.01. The second-order valence-corrected chi connectivity index (χ2v) is 7.08. The monoisotopic (exact) mass is 327 g/mol. The lowest BCUT2D eigenvalue weighted by Crippen LogP contribution is -2.44. The van der Waals surface area contributed by atoms with E-state index < -0.39 is 0 Å². The molecule has 4 rings (SSSR count). The molecule has 5 heteroatoms. The lowest BCUT2D eigenvalue weighted by Gasteiger charge is -2.35. The van der Waals surface area contributed by atoms with Gasteiger partial charge in [-0.3, -0.25) is 4.79 Å². The Bertz CT molecular complexity index is 672. The van der Waals surface area contributed by atoms with Crippen molar-refractivity contribution in [2.24, 2.45) is 11.8 Å². The number of imidazole rings is 1. The molecule has 128 valence electrons. The largest absolute Gasteiger partial charge is 0.381 e. The number of para-hydroxylation sites is 2. The first kappa shape index (κ1) is 15.6. The third-order valence-corrected chi connectivity index (χ3v) is 5.32. The fraction of sp³-hybridized carbons (Fsp3) is 0.579. The third kappa shape index (κ3) is 3.31. The molecule has 1 atom stereocenters. The first-order chi connectivity index (χ1) is 11.8. The number of rotatable bonds is 3. The zero-order chi connectivity index (χ0) is 16.4. The number of nitrogens with one attached hydrogen (secondary N) is 1. The standard InChI is InChI=1S/C19H25N3O2/c23-19(15-7-10-24-11-8-15)22-9-3-4-14(13-22)12-18-20-16-5-1-2-6-17(16)21-18/h1-2,5-6,14-15H,3-4,7-13H2,(H,20,21)/t14-/m1/s1. The molecule has 0 saturated carbocycles. The van der Waals surface area contributed by atoms with Crippen LogP contribution in [0.25, 0.3) is 11.0 Å². The molecule has 3 heterocycles. The summed E-state index contributed by atoms with van der Waals surface area (Å²) in [6, 6.07) is 8.14. The van der Waals surface area contributed by atoms with Gasteiger partial charge in [0.05, 0.1) is 11.0 Å². The van der Waals surface area contributed by atoms with Gasteiger partial charge in [0.1, 0.15) is 5.82 Å². The van der Waals surface area contributed by atoms with Crippen LogP contribution in [0.5, 0.6) is 0 Å². The maximum absolute atomic E-state index is 12.7. The van der Waals surface area contributed by atoms with E-state index in [0.717, 1.165) is 68.8 Å². The highest BCUT2D eigenvalue weighted by Crippen LogP contribution is 2.25. The third-order valence-electron chi connectivity index (χ3n) is 5.32. The zero-order valence-corrected chi connectivity index (χ0v) is 14.0. The Labute approximate surface area is 142 Å². The molecule has 5 nitrogen and oxygen atoms in total. The van der Waals surface area contributed by atoms with Crippen LogP contribution in [0.4, 0.5) is 0 Å². The average Bonchev–Trinajstić information content (AvgIpc) is 3.04. The number of aromatic nitrogens is 2. The molecule has 2 fully saturated rings. The second-order valence-electron chi connectivity index (χ2n) is 7.08. The highest BCUT2D eigenvalue weighted by molar-refractivity contribution is 5.79. The van der Waals surface area contributed by atoms with E-state index in [1.807, 2.05) is 18.2 Å². The number of carbonyl (C=O) groups excluding carboxylic acids is 1. The predicted molar refractivity (Wildman–Crippen MR) is 92.6 cm³/mol. The number of piperidine rings is 1. The first-order valence-corrected chi connectivity index (χ1v) is 9.10. The summed E-state index contributed by atoms with van der Waals surface area (Å²) in [7, 11) is 0. The van der Waals surface area contributed by atoms with Crippen LogP contribution in [-0.4, -0.2) is 47.1 Å². The van der Waals surface area contributed by atoms with Gasteiger partial charge < -0.3 is 14.6 Å². The number of likely N-dealkylation sites (tertiary alicyclic amines) is 1. The molecule has 0 unspecified atom stereocenters. The Hall–Kier alpha value is -1.88. The number of aromatic amines is 1. The summed E-state index contributed by atoms with van der Waals surface area (Å²) in [5.41, 5.74) is 2.12. The number of H-pyrrole nitrogens is 1. The summed E-state index contributed by atoms with van der Waals surface area (Å²) < 4.78 is 5.38. The molecular formula is C19H25N3O2. The molecule has 2 aliphatic rings. The van der Waals surface area contributed by atoms with Crippen LogP contribution in [-0.2, 0) is 16.0 Å². The van der Waals surface area contributed by atoms with Gasteiger partial charge in [0.25, 0.3) is 0 Å². The number of nitrogens with zero attached hydrogens (tertiary/aromatic N) is 2. The zero-order valence-electron chi connectivity index (χ0n) is 14.0. The van der Waals surface area contributed by atoms with Crippen molar-refractivity contribution in [3.05, 3.63) is 30.1 Å². The Kier molecular flexibility index (Phi) is 4.52. The number of hydrogen-bond donors (Lipinski definition) is 1. The van der Waals surface area contributed by atoms with Gasteiger partial charge in [-0.05, 0) is 43.7 Å². The summed E-state index contributed by atoms with van der Waals surface area (Å²) in [4.78, 5) is 22.9.